The SMILES string of the molecule is CCCN1C(=C=Cc2c(C(C)(C)C)[nH]n(C)c2=O)Oc2ccccc21. The molecule has 1 aromatic heterocycles. The van der Waals surface area contributed by atoms with Crippen molar-refractivity contribution >= 4 is 11.8 Å². The maximum atomic E-state index is 12.5. The molecule has 1 aromatic carbocycles. The molecule has 0 spiro atoms. The number of para-hydroxylation sites is 2. The van der Waals surface area contributed by atoms with Gasteiger partial charge in [-0.2, -0.15) is 0 Å². The molecule has 0 fully saturated rings. The zero-order valence-corrected chi connectivity index (χ0v) is 15.5. The van der Waals surface area contributed by atoms with Crippen molar-refractivity contribution in [1.29, 1.82) is 0 Å². The molecule has 0 unspecified atom stereocenters. The molecule has 0 amide bonds. The van der Waals surface area contributed by atoms with Crippen LogP contribution in [-0.2, 0) is 12.5 Å². The molecule has 2 aromatic rings. The molecule has 0 radical (unpaired) electrons. The van der Waals surface area contributed by atoms with Crippen molar-refractivity contribution in [2.75, 3.05) is 11.4 Å². The Balaban J connectivity index is 2.08. The number of benzene rings is 1. The topological polar surface area (TPSA) is 50.3 Å². The van der Waals surface area contributed by atoms with Gasteiger partial charge in [-0.25, -0.2) is 0 Å². The summed E-state index contributed by atoms with van der Waals surface area (Å²) in [4.78, 5) is 14.6. The highest BCUT2D eigenvalue weighted by molar-refractivity contribution is 5.67. The highest BCUT2D eigenvalue weighted by atomic mass is 16.5. The van der Waals surface area contributed by atoms with E-state index in [2.05, 4.69) is 43.4 Å². The van der Waals surface area contributed by atoms with Crippen molar-refractivity contribution in [3.8, 4) is 5.75 Å². The lowest BCUT2D eigenvalue weighted by atomic mass is 9.89. The Morgan fingerprint density at radius 2 is 2.00 bits per heavy atom. The number of fused-ring (bicyclic) bond motifs is 1. The molecule has 1 aliphatic rings. The Labute approximate surface area is 148 Å². The molecule has 3 rings (SSSR count). The van der Waals surface area contributed by atoms with Crippen LogP contribution in [0.4, 0.5) is 5.69 Å². The number of ether oxygens (including phenoxy) is 1. The minimum absolute atomic E-state index is 0.0597. The smallest absolute Gasteiger partial charge is 0.274 e. The van der Waals surface area contributed by atoms with Crippen LogP contribution < -0.4 is 15.2 Å². The Bertz CT molecular complexity index is 906. The first-order valence-corrected chi connectivity index (χ1v) is 8.63. The predicted molar refractivity (Wildman–Crippen MR) is 101 cm³/mol. The first kappa shape index (κ1) is 17.2. The van der Waals surface area contributed by atoms with Crippen molar-refractivity contribution < 1.29 is 4.74 Å². The molecule has 5 heteroatoms. The van der Waals surface area contributed by atoms with Crippen LogP contribution in [0.3, 0.4) is 0 Å². The van der Waals surface area contributed by atoms with E-state index in [1.807, 2.05) is 24.3 Å². The molecule has 0 saturated heterocycles. The molecule has 132 valence electrons. The Morgan fingerprint density at radius 3 is 2.68 bits per heavy atom. The van der Waals surface area contributed by atoms with Gasteiger partial charge >= 0.3 is 0 Å². The maximum Gasteiger partial charge on any atom is 0.274 e. The highest BCUT2D eigenvalue weighted by Crippen LogP contribution is 2.38. The summed E-state index contributed by atoms with van der Waals surface area (Å²) in [6.07, 6.45) is 2.73. The number of aromatic amines is 1. The summed E-state index contributed by atoms with van der Waals surface area (Å²) in [7, 11) is 1.73. The maximum absolute atomic E-state index is 12.5. The van der Waals surface area contributed by atoms with E-state index in [0.29, 0.717) is 11.4 Å². The van der Waals surface area contributed by atoms with Gasteiger partial charge in [0.2, 0.25) is 5.88 Å². The van der Waals surface area contributed by atoms with Crippen molar-refractivity contribution in [2.45, 2.75) is 39.5 Å². The lowest BCUT2D eigenvalue weighted by molar-refractivity contribution is 0.440. The first-order chi connectivity index (χ1) is 11.8. The van der Waals surface area contributed by atoms with E-state index in [1.54, 1.807) is 13.1 Å². The third kappa shape index (κ3) is 3.15. The average Bonchev–Trinajstić information content (AvgIpc) is 3.05. The molecular formula is C20H25N3O2. The second kappa shape index (κ2) is 6.34. The fourth-order valence-electron chi connectivity index (χ4n) is 2.99. The van der Waals surface area contributed by atoms with Gasteiger partial charge in [0.05, 0.1) is 16.9 Å². The third-order valence-electron chi connectivity index (χ3n) is 4.23. The van der Waals surface area contributed by atoms with E-state index in [4.69, 9.17) is 4.74 Å². The summed E-state index contributed by atoms with van der Waals surface area (Å²) in [5.41, 5.74) is 5.54. The zero-order chi connectivity index (χ0) is 18.2. The molecule has 1 aliphatic heterocycles. The van der Waals surface area contributed by atoms with Crippen LogP contribution in [-0.4, -0.2) is 16.3 Å². The van der Waals surface area contributed by atoms with Gasteiger partial charge in [-0.05, 0) is 18.6 Å². The minimum atomic E-state index is -0.165. The summed E-state index contributed by atoms with van der Waals surface area (Å²) >= 11 is 0. The quantitative estimate of drug-likeness (QED) is 0.866. The van der Waals surface area contributed by atoms with E-state index in [1.165, 1.54) is 4.68 Å². The second-order valence-corrected chi connectivity index (χ2v) is 7.33. The van der Waals surface area contributed by atoms with Gasteiger partial charge in [0.15, 0.2) is 5.75 Å². The standard InChI is InChI=1S/C20H25N3O2/c1-6-13-23-15-9-7-8-10-16(15)25-17(23)12-11-14-18(20(2,3)4)21-22(5)19(14)24/h7-11,21H,6,13H2,1-5H3. The van der Waals surface area contributed by atoms with E-state index >= 15 is 0 Å². The summed E-state index contributed by atoms with van der Waals surface area (Å²) < 4.78 is 7.45. The summed E-state index contributed by atoms with van der Waals surface area (Å²) in [5, 5.41) is 3.15. The number of rotatable bonds is 3. The van der Waals surface area contributed by atoms with Crippen molar-refractivity contribution in [1.82, 2.24) is 9.78 Å². The number of aromatic nitrogens is 2. The molecule has 0 atom stereocenters. The van der Waals surface area contributed by atoms with Gasteiger partial charge in [-0.3, -0.25) is 14.6 Å². The van der Waals surface area contributed by atoms with Crippen LogP contribution in [0.2, 0.25) is 0 Å². The van der Waals surface area contributed by atoms with Crippen LogP contribution in [0.1, 0.15) is 45.4 Å². The van der Waals surface area contributed by atoms with Crippen LogP contribution >= 0.6 is 0 Å². The fourth-order valence-corrected chi connectivity index (χ4v) is 2.99. The molecule has 25 heavy (non-hydrogen) atoms. The molecule has 0 bridgehead atoms. The largest absolute Gasteiger partial charge is 0.432 e. The molecular weight excluding hydrogens is 314 g/mol. The van der Waals surface area contributed by atoms with Crippen LogP contribution in [0.5, 0.6) is 5.75 Å². The summed E-state index contributed by atoms with van der Waals surface area (Å²) in [6.45, 7) is 9.20. The zero-order valence-electron chi connectivity index (χ0n) is 15.5. The monoisotopic (exact) mass is 339 g/mol. The lowest BCUT2D eigenvalue weighted by Gasteiger charge is -2.17. The van der Waals surface area contributed by atoms with Gasteiger partial charge in [-0.1, -0.05) is 45.6 Å². The molecule has 2 heterocycles. The number of aryl methyl sites for hydroxylation is 1. The van der Waals surface area contributed by atoms with Crippen LogP contribution in [0, 0.1) is 0 Å². The van der Waals surface area contributed by atoms with Crippen LogP contribution in [0.25, 0.3) is 6.08 Å². The predicted octanol–water partition coefficient (Wildman–Crippen LogP) is 3.77. The minimum Gasteiger partial charge on any atom is -0.432 e. The van der Waals surface area contributed by atoms with Gasteiger partial charge < -0.3 is 9.64 Å². The van der Waals surface area contributed by atoms with E-state index in [-0.39, 0.29) is 11.0 Å². The molecule has 0 aliphatic carbocycles. The Kier molecular flexibility index (Phi) is 4.36. The molecule has 5 nitrogen and oxygen atoms in total. The van der Waals surface area contributed by atoms with E-state index in [0.717, 1.165) is 30.1 Å². The van der Waals surface area contributed by atoms with Crippen molar-refractivity contribution in [3.05, 3.63) is 57.5 Å². The van der Waals surface area contributed by atoms with Gasteiger partial charge in [0, 0.05) is 25.1 Å². The summed E-state index contributed by atoms with van der Waals surface area (Å²) in [5.74, 6) is 1.45. The number of H-pyrrole nitrogens is 1. The highest BCUT2D eigenvalue weighted by Gasteiger charge is 2.26. The average molecular weight is 339 g/mol. The van der Waals surface area contributed by atoms with Gasteiger partial charge in [0.25, 0.3) is 5.56 Å². The number of nitrogens with zero attached hydrogens (tertiary/aromatic N) is 2. The van der Waals surface area contributed by atoms with E-state index < -0.39 is 0 Å². The van der Waals surface area contributed by atoms with Crippen molar-refractivity contribution in [3.63, 3.8) is 0 Å². The third-order valence-corrected chi connectivity index (χ3v) is 4.23. The Hall–Kier alpha value is -2.65. The van der Waals surface area contributed by atoms with Gasteiger partial charge in [-0.15, -0.1) is 0 Å². The lowest BCUT2D eigenvalue weighted by Crippen LogP contribution is -2.20. The number of hydrogen-bond acceptors (Lipinski definition) is 3. The normalized spacial score (nSPS) is 13.5. The number of hydrogen-bond donors (Lipinski definition) is 1. The van der Waals surface area contributed by atoms with Gasteiger partial charge in [0.1, 0.15) is 0 Å². The molecule has 0 saturated carbocycles. The van der Waals surface area contributed by atoms with Crippen LogP contribution in [0.15, 0.2) is 40.7 Å². The number of anilines is 1. The summed E-state index contributed by atoms with van der Waals surface area (Å²) in [6, 6.07) is 7.94. The second-order valence-electron chi connectivity index (χ2n) is 7.33. The Morgan fingerprint density at radius 1 is 1.28 bits per heavy atom. The van der Waals surface area contributed by atoms with E-state index in [9.17, 15) is 4.79 Å². The fraction of sp³-hybridized carbons (Fsp3) is 0.400. The first-order valence-electron chi connectivity index (χ1n) is 8.63. The number of nitrogens with one attached hydrogen (secondary N) is 1. The van der Waals surface area contributed by atoms with Crippen molar-refractivity contribution in [2.24, 2.45) is 7.05 Å². The molecule has 1 N–H and O–H groups in total.